The Morgan fingerprint density at radius 3 is 2.70 bits per heavy atom. The maximum absolute atomic E-state index is 12.2. The minimum Gasteiger partial charge on any atom is -0.267 e. The molecule has 3 heterocycles. The van der Waals surface area contributed by atoms with E-state index in [2.05, 4.69) is 44.3 Å². The molecule has 0 spiro atoms. The van der Waals surface area contributed by atoms with E-state index in [9.17, 15) is 4.79 Å². The molecule has 1 N–H and O–H groups in total. The number of hydrogen-bond donors (Lipinski definition) is 1. The van der Waals surface area contributed by atoms with Gasteiger partial charge in [0.05, 0.1) is 5.69 Å². The van der Waals surface area contributed by atoms with Crippen LogP contribution in [-0.2, 0) is 18.6 Å². The van der Waals surface area contributed by atoms with Gasteiger partial charge in [-0.1, -0.05) is 61.2 Å². The highest BCUT2D eigenvalue weighted by atomic mass is 32.2. The van der Waals surface area contributed by atoms with Crippen LogP contribution in [0.15, 0.2) is 40.3 Å². The third-order valence-electron chi connectivity index (χ3n) is 4.09. The number of thioether (sulfide) groups is 1. The monoisotopic (exact) mass is 398 g/mol. The molecule has 7 nitrogen and oxygen atoms in total. The maximum Gasteiger partial charge on any atom is 0.275 e. The number of aromatic nitrogens is 6. The summed E-state index contributed by atoms with van der Waals surface area (Å²) in [5, 5.41) is 13.0. The fourth-order valence-corrected chi connectivity index (χ4v) is 4.14. The number of rotatable bonds is 6. The highest BCUT2D eigenvalue weighted by Gasteiger charge is 2.11. The summed E-state index contributed by atoms with van der Waals surface area (Å²) in [6, 6.07) is 9.79. The van der Waals surface area contributed by atoms with Crippen molar-refractivity contribution < 1.29 is 0 Å². The number of nitrogens with one attached hydrogen (secondary N) is 1. The zero-order chi connectivity index (χ0) is 18.8. The average Bonchev–Trinajstić information content (AvgIpc) is 3.33. The third kappa shape index (κ3) is 3.79. The van der Waals surface area contributed by atoms with Crippen LogP contribution in [0, 0.1) is 0 Å². The molecule has 4 rings (SSSR count). The molecule has 138 valence electrons. The summed E-state index contributed by atoms with van der Waals surface area (Å²) in [6.07, 6.45) is 1.80. The van der Waals surface area contributed by atoms with Crippen LogP contribution in [0.5, 0.6) is 0 Å². The fourth-order valence-electron chi connectivity index (χ4n) is 2.59. The molecule has 0 radical (unpaired) electrons. The first-order valence-electron chi connectivity index (χ1n) is 8.69. The zero-order valence-corrected chi connectivity index (χ0v) is 16.6. The molecule has 27 heavy (non-hydrogen) atoms. The lowest BCUT2D eigenvalue weighted by Crippen LogP contribution is -2.15. The Hall–Kier alpha value is -2.52. The molecule has 0 saturated heterocycles. The van der Waals surface area contributed by atoms with Crippen LogP contribution in [0.2, 0.25) is 0 Å². The number of H-pyrrole nitrogens is 1. The summed E-state index contributed by atoms with van der Waals surface area (Å²) >= 11 is 2.89. The lowest BCUT2D eigenvalue weighted by molar-refractivity contribution is 0.852. The standard InChI is InChI=1S/C18H18N6OS2/c1-3-11-5-7-12(8-6-11)16-20-17(22-21-16)26-10-13-9-15(25)24-18(19-13)27-14(4-2)23-24/h5-9H,3-4,10H2,1-2H3,(H,20,21,22). The van der Waals surface area contributed by atoms with Crippen molar-refractivity contribution in [2.45, 2.75) is 37.6 Å². The van der Waals surface area contributed by atoms with Gasteiger partial charge < -0.3 is 0 Å². The summed E-state index contributed by atoms with van der Waals surface area (Å²) in [5.74, 6) is 1.26. The van der Waals surface area contributed by atoms with Crippen molar-refractivity contribution in [3.05, 3.63) is 57.0 Å². The van der Waals surface area contributed by atoms with Crippen molar-refractivity contribution >= 4 is 28.1 Å². The quantitative estimate of drug-likeness (QED) is 0.501. The van der Waals surface area contributed by atoms with Gasteiger partial charge in [-0.05, 0) is 18.4 Å². The van der Waals surface area contributed by atoms with E-state index in [1.807, 2.05) is 19.1 Å². The van der Waals surface area contributed by atoms with Crippen LogP contribution >= 0.6 is 23.1 Å². The lowest BCUT2D eigenvalue weighted by Gasteiger charge is -1.99. The van der Waals surface area contributed by atoms with Crippen LogP contribution in [0.3, 0.4) is 0 Å². The highest BCUT2D eigenvalue weighted by Crippen LogP contribution is 2.22. The Kier molecular flexibility index (Phi) is 5.04. The van der Waals surface area contributed by atoms with Crippen molar-refractivity contribution in [1.29, 1.82) is 0 Å². The molecule has 0 unspecified atom stereocenters. The Morgan fingerprint density at radius 2 is 1.96 bits per heavy atom. The third-order valence-corrected chi connectivity index (χ3v) is 6.03. The number of aromatic amines is 1. The Balaban J connectivity index is 1.49. The normalized spacial score (nSPS) is 11.3. The molecule has 0 amide bonds. The van der Waals surface area contributed by atoms with Crippen molar-refractivity contribution in [2.24, 2.45) is 0 Å². The van der Waals surface area contributed by atoms with Gasteiger partial charge in [-0.15, -0.1) is 5.10 Å². The highest BCUT2D eigenvalue weighted by molar-refractivity contribution is 7.98. The van der Waals surface area contributed by atoms with E-state index in [-0.39, 0.29) is 5.56 Å². The Bertz CT molecular complexity index is 1130. The Labute approximate surface area is 163 Å². The summed E-state index contributed by atoms with van der Waals surface area (Å²) in [5.41, 5.74) is 2.84. The minimum atomic E-state index is -0.154. The van der Waals surface area contributed by atoms with Gasteiger partial charge in [0.1, 0.15) is 5.01 Å². The summed E-state index contributed by atoms with van der Waals surface area (Å²) in [4.78, 5) is 21.9. The lowest BCUT2D eigenvalue weighted by atomic mass is 10.1. The molecule has 0 saturated carbocycles. The number of hydrogen-bond acceptors (Lipinski definition) is 7. The molecule has 0 fully saturated rings. The molecule has 4 aromatic rings. The molecule has 0 aliphatic carbocycles. The first-order valence-corrected chi connectivity index (χ1v) is 10.5. The molecule has 0 aliphatic heterocycles. The first-order chi connectivity index (χ1) is 13.2. The van der Waals surface area contributed by atoms with Crippen molar-refractivity contribution in [3.63, 3.8) is 0 Å². The van der Waals surface area contributed by atoms with Gasteiger partial charge in [-0.25, -0.2) is 9.97 Å². The second-order valence-corrected chi connectivity index (χ2v) is 7.92. The van der Waals surface area contributed by atoms with Crippen molar-refractivity contribution in [2.75, 3.05) is 0 Å². The average molecular weight is 399 g/mol. The molecular weight excluding hydrogens is 380 g/mol. The summed E-state index contributed by atoms with van der Waals surface area (Å²) in [6.45, 7) is 4.14. The number of benzene rings is 1. The van der Waals surface area contributed by atoms with Crippen LogP contribution in [0.1, 0.15) is 30.1 Å². The zero-order valence-electron chi connectivity index (χ0n) is 15.0. The second-order valence-electron chi connectivity index (χ2n) is 5.94. The smallest absolute Gasteiger partial charge is 0.267 e. The van der Waals surface area contributed by atoms with Gasteiger partial charge in [-0.2, -0.15) is 9.61 Å². The van der Waals surface area contributed by atoms with E-state index in [0.717, 1.165) is 29.2 Å². The van der Waals surface area contributed by atoms with Gasteiger partial charge in [-0.3, -0.25) is 9.89 Å². The van der Waals surface area contributed by atoms with Gasteiger partial charge >= 0.3 is 0 Å². The van der Waals surface area contributed by atoms with Crippen LogP contribution in [0.25, 0.3) is 16.3 Å². The van der Waals surface area contributed by atoms with E-state index in [1.54, 1.807) is 0 Å². The number of nitrogens with zero attached hydrogens (tertiary/aromatic N) is 5. The van der Waals surface area contributed by atoms with Crippen molar-refractivity contribution in [3.8, 4) is 11.4 Å². The molecule has 1 aromatic carbocycles. The van der Waals surface area contributed by atoms with Crippen molar-refractivity contribution in [1.82, 2.24) is 29.8 Å². The Morgan fingerprint density at radius 1 is 1.15 bits per heavy atom. The second kappa shape index (κ2) is 7.61. The van der Waals surface area contributed by atoms with Crippen LogP contribution in [0.4, 0.5) is 0 Å². The summed E-state index contributed by atoms with van der Waals surface area (Å²) < 4.78 is 1.36. The van der Waals surface area contributed by atoms with E-state index in [0.29, 0.717) is 21.6 Å². The number of aryl methyl sites for hydroxylation is 2. The molecular formula is C18H18N6OS2. The molecule has 0 atom stereocenters. The SMILES string of the molecule is CCc1ccc(-c2nc(SCc3cc(=O)n4nc(CC)sc4n3)n[nH]2)cc1. The minimum absolute atomic E-state index is 0.154. The molecule has 9 heteroatoms. The largest absolute Gasteiger partial charge is 0.275 e. The van der Waals surface area contributed by atoms with Gasteiger partial charge in [0.2, 0.25) is 10.1 Å². The van der Waals surface area contributed by atoms with Crippen LogP contribution in [-0.4, -0.2) is 29.8 Å². The first kappa shape index (κ1) is 17.9. The van der Waals surface area contributed by atoms with Gasteiger partial charge in [0.25, 0.3) is 5.56 Å². The maximum atomic E-state index is 12.2. The van der Waals surface area contributed by atoms with E-state index >= 15 is 0 Å². The predicted molar refractivity (Wildman–Crippen MR) is 107 cm³/mol. The topological polar surface area (TPSA) is 88.8 Å². The molecule has 0 aliphatic rings. The predicted octanol–water partition coefficient (Wildman–Crippen LogP) is 3.35. The summed E-state index contributed by atoms with van der Waals surface area (Å²) in [7, 11) is 0. The van der Waals surface area contributed by atoms with Gasteiger partial charge in [0, 0.05) is 17.4 Å². The van der Waals surface area contributed by atoms with Crippen LogP contribution < -0.4 is 5.56 Å². The van der Waals surface area contributed by atoms with E-state index in [1.165, 1.54) is 39.2 Å². The molecule has 0 bridgehead atoms. The van der Waals surface area contributed by atoms with Gasteiger partial charge in [0.15, 0.2) is 5.82 Å². The number of fused-ring (bicyclic) bond motifs is 1. The van der Waals surface area contributed by atoms with E-state index < -0.39 is 0 Å². The molecule has 3 aromatic heterocycles. The fraction of sp³-hybridized carbons (Fsp3) is 0.278. The van der Waals surface area contributed by atoms with E-state index in [4.69, 9.17) is 0 Å².